The molecule has 2 aromatic rings. The highest BCUT2D eigenvalue weighted by molar-refractivity contribution is 6.04. The van der Waals surface area contributed by atoms with Gasteiger partial charge in [0.1, 0.15) is 11.4 Å². The van der Waals surface area contributed by atoms with Gasteiger partial charge in [-0.3, -0.25) is 0 Å². The summed E-state index contributed by atoms with van der Waals surface area (Å²) in [5.74, 6) is 0. The molecule has 0 aromatic heterocycles. The Morgan fingerprint density at radius 3 is 1.39 bits per heavy atom. The van der Waals surface area contributed by atoms with Gasteiger partial charge in [0.15, 0.2) is 0 Å². The molecule has 170 valence electrons. The molecule has 0 radical (unpaired) electrons. The van der Waals surface area contributed by atoms with Crippen molar-refractivity contribution >= 4 is 11.4 Å². The van der Waals surface area contributed by atoms with Gasteiger partial charge in [0, 0.05) is 11.1 Å². The predicted molar refractivity (Wildman–Crippen MR) is 130 cm³/mol. The van der Waals surface area contributed by atoms with Gasteiger partial charge in [-0.05, 0) is 41.0 Å². The summed E-state index contributed by atoms with van der Waals surface area (Å²) in [4.78, 5) is 4.15. The van der Waals surface area contributed by atoms with Crippen molar-refractivity contribution in [2.75, 3.05) is 28.2 Å². The van der Waals surface area contributed by atoms with Crippen LogP contribution in [0.1, 0.15) is 44.2 Å². The zero-order chi connectivity index (χ0) is 23.2. The van der Waals surface area contributed by atoms with Gasteiger partial charge in [-0.15, -0.1) is 0 Å². The SMILES string of the molecule is CCC(C(=NO)c1ccccc1)N(C)C.CCCC(C(=NO)c1ccccc1)N(C)C. The summed E-state index contributed by atoms with van der Waals surface area (Å²) in [6.45, 7) is 4.22. The second-order valence-corrected chi connectivity index (χ2v) is 7.86. The smallest absolute Gasteiger partial charge is 0.104 e. The molecular formula is C25H38N4O2. The van der Waals surface area contributed by atoms with Crippen LogP contribution in [-0.2, 0) is 0 Å². The van der Waals surface area contributed by atoms with E-state index in [1.807, 2.05) is 88.9 Å². The quantitative estimate of drug-likeness (QED) is 0.343. The van der Waals surface area contributed by atoms with E-state index in [0.717, 1.165) is 41.8 Å². The van der Waals surface area contributed by atoms with E-state index in [2.05, 4.69) is 34.0 Å². The minimum Gasteiger partial charge on any atom is -0.411 e. The molecule has 2 aromatic carbocycles. The summed E-state index contributed by atoms with van der Waals surface area (Å²) in [5, 5.41) is 25.2. The predicted octanol–water partition coefficient (Wildman–Crippen LogP) is 4.80. The molecule has 0 amide bonds. The van der Waals surface area contributed by atoms with E-state index >= 15 is 0 Å². The summed E-state index contributed by atoms with van der Waals surface area (Å²) < 4.78 is 0. The maximum Gasteiger partial charge on any atom is 0.104 e. The van der Waals surface area contributed by atoms with Gasteiger partial charge in [-0.1, -0.05) is 91.2 Å². The van der Waals surface area contributed by atoms with Crippen molar-refractivity contribution in [1.82, 2.24) is 9.80 Å². The largest absolute Gasteiger partial charge is 0.411 e. The highest BCUT2D eigenvalue weighted by Gasteiger charge is 2.20. The van der Waals surface area contributed by atoms with Crippen molar-refractivity contribution in [3.63, 3.8) is 0 Å². The fourth-order valence-corrected chi connectivity index (χ4v) is 3.57. The first-order valence-corrected chi connectivity index (χ1v) is 10.8. The topological polar surface area (TPSA) is 71.7 Å². The number of hydrogen-bond donors (Lipinski definition) is 2. The monoisotopic (exact) mass is 426 g/mol. The van der Waals surface area contributed by atoms with Crippen LogP contribution in [0.3, 0.4) is 0 Å². The van der Waals surface area contributed by atoms with Crippen LogP contribution in [0.15, 0.2) is 71.0 Å². The van der Waals surface area contributed by atoms with E-state index in [1.54, 1.807) is 0 Å². The van der Waals surface area contributed by atoms with Crippen LogP contribution in [-0.4, -0.2) is 71.9 Å². The lowest BCUT2D eigenvalue weighted by atomic mass is 9.99. The first-order valence-electron chi connectivity index (χ1n) is 10.8. The normalized spacial score (nSPS) is 14.2. The fraction of sp³-hybridized carbons (Fsp3) is 0.440. The third-order valence-corrected chi connectivity index (χ3v) is 5.18. The van der Waals surface area contributed by atoms with E-state index in [9.17, 15) is 5.21 Å². The summed E-state index contributed by atoms with van der Waals surface area (Å²) in [7, 11) is 7.99. The van der Waals surface area contributed by atoms with Gasteiger partial charge in [-0.2, -0.15) is 0 Å². The number of nitrogens with zero attached hydrogens (tertiary/aromatic N) is 4. The third kappa shape index (κ3) is 8.15. The molecule has 0 saturated heterocycles. The van der Waals surface area contributed by atoms with Gasteiger partial charge in [-0.25, -0.2) is 0 Å². The standard InChI is InChI=1S/C13H20N2O.C12H18N2O/c1-4-8-12(15(2)3)13(14-16)11-9-6-5-7-10-11;1-4-11(14(2)3)12(13-15)10-8-6-5-7-9-10/h5-7,9-10,12,16H,4,8H2,1-3H3;5-9,11,15H,4H2,1-3H3. The zero-order valence-electron chi connectivity index (χ0n) is 19.7. The molecule has 2 N–H and O–H groups in total. The molecule has 2 rings (SSSR count). The molecular weight excluding hydrogens is 388 g/mol. The molecule has 0 aliphatic carbocycles. The van der Waals surface area contributed by atoms with Gasteiger partial charge >= 0.3 is 0 Å². The van der Waals surface area contributed by atoms with Gasteiger partial charge in [0.25, 0.3) is 0 Å². The second-order valence-electron chi connectivity index (χ2n) is 7.86. The molecule has 0 fully saturated rings. The van der Waals surface area contributed by atoms with E-state index in [1.165, 1.54) is 0 Å². The minimum atomic E-state index is 0.150. The summed E-state index contributed by atoms with van der Waals surface area (Å²) in [6.07, 6.45) is 2.97. The number of oxime groups is 2. The van der Waals surface area contributed by atoms with Crippen molar-refractivity contribution in [1.29, 1.82) is 0 Å². The van der Waals surface area contributed by atoms with Crippen molar-refractivity contribution in [3.8, 4) is 0 Å². The summed E-state index contributed by atoms with van der Waals surface area (Å²) in [5.41, 5.74) is 3.42. The summed E-state index contributed by atoms with van der Waals surface area (Å²) >= 11 is 0. The number of benzene rings is 2. The van der Waals surface area contributed by atoms with E-state index < -0.39 is 0 Å². The lowest BCUT2D eigenvalue weighted by Gasteiger charge is -2.24. The molecule has 31 heavy (non-hydrogen) atoms. The molecule has 0 aliphatic heterocycles. The number of likely N-dealkylation sites (N-methyl/N-ethyl adjacent to an activating group) is 2. The van der Waals surface area contributed by atoms with Gasteiger partial charge < -0.3 is 20.2 Å². The van der Waals surface area contributed by atoms with Crippen LogP contribution in [0.2, 0.25) is 0 Å². The highest BCUT2D eigenvalue weighted by atomic mass is 16.4. The van der Waals surface area contributed by atoms with Crippen molar-refractivity contribution in [3.05, 3.63) is 71.8 Å². The average molecular weight is 427 g/mol. The van der Waals surface area contributed by atoms with E-state index in [-0.39, 0.29) is 12.1 Å². The van der Waals surface area contributed by atoms with Crippen LogP contribution in [0.5, 0.6) is 0 Å². The maximum absolute atomic E-state index is 9.19. The Labute approximate surface area is 187 Å². The van der Waals surface area contributed by atoms with Crippen LogP contribution >= 0.6 is 0 Å². The summed E-state index contributed by atoms with van der Waals surface area (Å²) in [6, 6.07) is 19.9. The highest BCUT2D eigenvalue weighted by Crippen LogP contribution is 2.13. The molecule has 6 nitrogen and oxygen atoms in total. The molecule has 2 atom stereocenters. The number of rotatable bonds is 9. The Morgan fingerprint density at radius 1 is 0.710 bits per heavy atom. The average Bonchev–Trinajstić information content (AvgIpc) is 2.78. The lowest BCUT2D eigenvalue weighted by molar-refractivity contribution is 0.297. The molecule has 6 heteroatoms. The molecule has 2 unspecified atom stereocenters. The molecule has 0 heterocycles. The third-order valence-electron chi connectivity index (χ3n) is 5.18. The van der Waals surface area contributed by atoms with Gasteiger partial charge in [0.05, 0.1) is 12.1 Å². The van der Waals surface area contributed by atoms with Crippen LogP contribution in [0, 0.1) is 0 Å². The lowest BCUT2D eigenvalue weighted by Crippen LogP contribution is -2.36. The Morgan fingerprint density at radius 2 is 1.10 bits per heavy atom. The Hall–Kier alpha value is -2.70. The Bertz CT molecular complexity index is 790. The molecule has 0 aliphatic rings. The van der Waals surface area contributed by atoms with E-state index in [0.29, 0.717) is 0 Å². The van der Waals surface area contributed by atoms with Crippen LogP contribution < -0.4 is 0 Å². The van der Waals surface area contributed by atoms with Crippen LogP contribution in [0.25, 0.3) is 0 Å². The number of hydrogen-bond acceptors (Lipinski definition) is 6. The Balaban J connectivity index is 0.000000311. The molecule has 0 saturated carbocycles. The van der Waals surface area contributed by atoms with Crippen LogP contribution in [0.4, 0.5) is 0 Å². The fourth-order valence-electron chi connectivity index (χ4n) is 3.57. The van der Waals surface area contributed by atoms with E-state index in [4.69, 9.17) is 5.21 Å². The minimum absolute atomic E-state index is 0.150. The van der Waals surface area contributed by atoms with Gasteiger partial charge in [0.2, 0.25) is 0 Å². The molecule has 0 bridgehead atoms. The van der Waals surface area contributed by atoms with Crippen molar-refractivity contribution in [2.45, 2.75) is 45.2 Å². The second kappa shape index (κ2) is 14.3. The molecule has 0 spiro atoms. The first-order chi connectivity index (χ1) is 14.9. The zero-order valence-corrected chi connectivity index (χ0v) is 19.7. The van der Waals surface area contributed by atoms with Crippen molar-refractivity contribution in [2.24, 2.45) is 10.3 Å². The van der Waals surface area contributed by atoms with Crippen molar-refractivity contribution < 1.29 is 10.4 Å². The first kappa shape index (κ1) is 26.3. The Kier molecular flexibility index (Phi) is 12.2. The maximum atomic E-state index is 9.19.